The molecule has 0 saturated heterocycles. The Morgan fingerprint density at radius 1 is 1.23 bits per heavy atom. The van der Waals surface area contributed by atoms with Crippen LogP contribution >= 0.6 is 11.8 Å². The molecule has 1 aromatic heterocycles. The fourth-order valence-corrected chi connectivity index (χ4v) is 4.60. The lowest BCUT2D eigenvalue weighted by atomic mass is 9.97. The Kier molecular flexibility index (Phi) is 5.99. The van der Waals surface area contributed by atoms with Gasteiger partial charge in [0.05, 0.1) is 11.3 Å². The Hall–Kier alpha value is -2.93. The third kappa shape index (κ3) is 3.89. The molecule has 0 fully saturated rings. The summed E-state index contributed by atoms with van der Waals surface area (Å²) in [5.41, 5.74) is 2.57. The van der Waals surface area contributed by atoms with Crippen LogP contribution in [0.2, 0.25) is 0 Å². The number of amides is 1. The van der Waals surface area contributed by atoms with Crippen LogP contribution in [0.4, 0.5) is 10.1 Å². The quantitative estimate of drug-likeness (QED) is 0.426. The Labute approximate surface area is 179 Å². The lowest BCUT2D eigenvalue weighted by Gasteiger charge is -2.35. The molecule has 1 unspecified atom stereocenters. The monoisotopic (exact) mass is 422 g/mol. The van der Waals surface area contributed by atoms with Gasteiger partial charge in [-0.1, -0.05) is 48.2 Å². The molecule has 0 aliphatic carbocycles. The standard InChI is InChI=1S/C23H23FN4OS/c1-3-14-27-22(18-9-5-6-10-19(18)24)25-26-23(27)30-15-21(29)28-16(2)12-13-17-8-4-7-11-20(17)28/h3-11,16H,1,12-15H2,2H3. The van der Waals surface area contributed by atoms with Gasteiger partial charge >= 0.3 is 0 Å². The molecule has 154 valence electrons. The summed E-state index contributed by atoms with van der Waals surface area (Å²) in [4.78, 5) is 15.0. The van der Waals surface area contributed by atoms with Gasteiger partial charge in [-0.25, -0.2) is 4.39 Å². The number of benzene rings is 2. The van der Waals surface area contributed by atoms with E-state index in [0.29, 0.717) is 23.1 Å². The van der Waals surface area contributed by atoms with E-state index in [1.54, 1.807) is 28.8 Å². The number of aryl methyl sites for hydroxylation is 1. The second kappa shape index (κ2) is 8.83. The first-order chi connectivity index (χ1) is 14.6. The number of thioether (sulfide) groups is 1. The Morgan fingerprint density at radius 2 is 2.00 bits per heavy atom. The minimum absolute atomic E-state index is 0.0280. The normalized spacial score (nSPS) is 15.7. The van der Waals surface area contributed by atoms with Crippen molar-refractivity contribution >= 4 is 23.4 Å². The van der Waals surface area contributed by atoms with Crippen molar-refractivity contribution in [1.82, 2.24) is 14.8 Å². The molecule has 0 bridgehead atoms. The van der Waals surface area contributed by atoms with Crippen molar-refractivity contribution in [2.24, 2.45) is 0 Å². The summed E-state index contributed by atoms with van der Waals surface area (Å²) >= 11 is 1.31. The second-order valence-electron chi connectivity index (χ2n) is 7.25. The van der Waals surface area contributed by atoms with Gasteiger partial charge < -0.3 is 4.90 Å². The van der Waals surface area contributed by atoms with Crippen LogP contribution in [0.15, 0.2) is 66.3 Å². The molecule has 1 aliphatic rings. The van der Waals surface area contributed by atoms with Gasteiger partial charge in [0.1, 0.15) is 5.82 Å². The zero-order chi connectivity index (χ0) is 21.1. The molecule has 30 heavy (non-hydrogen) atoms. The van der Waals surface area contributed by atoms with Gasteiger partial charge in [0.25, 0.3) is 0 Å². The third-order valence-corrected chi connectivity index (χ3v) is 6.21. The summed E-state index contributed by atoms with van der Waals surface area (Å²) in [7, 11) is 0. The van der Waals surface area contributed by atoms with Crippen LogP contribution < -0.4 is 4.90 Å². The van der Waals surface area contributed by atoms with Gasteiger partial charge in [0.2, 0.25) is 5.91 Å². The molecular formula is C23H23FN4OS. The number of halogens is 1. The summed E-state index contributed by atoms with van der Waals surface area (Å²) in [6.45, 7) is 6.29. The lowest BCUT2D eigenvalue weighted by molar-refractivity contribution is -0.116. The van der Waals surface area contributed by atoms with E-state index in [4.69, 9.17) is 0 Å². The van der Waals surface area contributed by atoms with Crippen LogP contribution in [0.3, 0.4) is 0 Å². The highest BCUT2D eigenvalue weighted by molar-refractivity contribution is 7.99. The van der Waals surface area contributed by atoms with Gasteiger partial charge in [0.15, 0.2) is 11.0 Å². The van der Waals surface area contributed by atoms with Crippen LogP contribution in [0.5, 0.6) is 0 Å². The molecule has 1 aliphatic heterocycles. The van der Waals surface area contributed by atoms with Crippen molar-refractivity contribution in [2.45, 2.75) is 37.5 Å². The fraction of sp³-hybridized carbons (Fsp3) is 0.261. The zero-order valence-electron chi connectivity index (χ0n) is 16.8. The number of hydrogen-bond donors (Lipinski definition) is 0. The summed E-state index contributed by atoms with van der Waals surface area (Å²) in [5, 5.41) is 8.98. The van der Waals surface area contributed by atoms with Crippen molar-refractivity contribution in [3.05, 3.63) is 72.6 Å². The number of carbonyl (C=O) groups is 1. The van der Waals surface area contributed by atoms with Crippen molar-refractivity contribution < 1.29 is 9.18 Å². The van der Waals surface area contributed by atoms with Crippen molar-refractivity contribution in [1.29, 1.82) is 0 Å². The highest BCUT2D eigenvalue weighted by Gasteiger charge is 2.28. The molecule has 5 nitrogen and oxygen atoms in total. The zero-order valence-corrected chi connectivity index (χ0v) is 17.6. The minimum atomic E-state index is -0.360. The van der Waals surface area contributed by atoms with Crippen LogP contribution in [-0.4, -0.2) is 32.5 Å². The summed E-state index contributed by atoms with van der Waals surface area (Å²) in [6.07, 6.45) is 3.63. The second-order valence-corrected chi connectivity index (χ2v) is 8.20. The molecule has 3 aromatic rings. The van der Waals surface area contributed by atoms with Gasteiger partial charge in [-0.15, -0.1) is 16.8 Å². The molecule has 2 aromatic carbocycles. The van der Waals surface area contributed by atoms with E-state index in [0.717, 1.165) is 18.5 Å². The number of aromatic nitrogens is 3. The van der Waals surface area contributed by atoms with Crippen LogP contribution in [0.25, 0.3) is 11.4 Å². The number of para-hydroxylation sites is 1. The van der Waals surface area contributed by atoms with Crippen molar-refractivity contribution in [3.8, 4) is 11.4 Å². The highest BCUT2D eigenvalue weighted by Crippen LogP contribution is 2.32. The number of allylic oxidation sites excluding steroid dienone is 1. The smallest absolute Gasteiger partial charge is 0.237 e. The third-order valence-electron chi connectivity index (χ3n) is 5.26. The Balaban J connectivity index is 1.56. The fourth-order valence-electron chi connectivity index (χ4n) is 3.80. The van der Waals surface area contributed by atoms with Crippen molar-refractivity contribution in [3.63, 3.8) is 0 Å². The molecule has 0 N–H and O–H groups in total. The van der Waals surface area contributed by atoms with Crippen LogP contribution in [0.1, 0.15) is 18.9 Å². The number of fused-ring (bicyclic) bond motifs is 1. The van der Waals surface area contributed by atoms with E-state index in [1.165, 1.54) is 23.4 Å². The molecule has 2 heterocycles. The molecule has 0 spiro atoms. The predicted octanol–water partition coefficient (Wildman–Crippen LogP) is 4.73. The minimum Gasteiger partial charge on any atom is -0.309 e. The van der Waals surface area contributed by atoms with E-state index in [2.05, 4.69) is 29.8 Å². The average Bonchev–Trinajstić information content (AvgIpc) is 3.15. The SMILES string of the molecule is C=CCn1c(SCC(=O)N2c3ccccc3CCC2C)nnc1-c1ccccc1F. The average molecular weight is 423 g/mol. The molecule has 7 heteroatoms. The molecule has 0 radical (unpaired) electrons. The van der Waals surface area contributed by atoms with E-state index < -0.39 is 0 Å². The number of carbonyl (C=O) groups excluding carboxylic acids is 1. The number of hydrogen-bond acceptors (Lipinski definition) is 4. The largest absolute Gasteiger partial charge is 0.309 e. The maximum Gasteiger partial charge on any atom is 0.237 e. The van der Waals surface area contributed by atoms with Gasteiger partial charge in [-0.3, -0.25) is 9.36 Å². The summed E-state index contributed by atoms with van der Waals surface area (Å²) < 4.78 is 16.1. The first kappa shape index (κ1) is 20.3. The molecule has 1 amide bonds. The predicted molar refractivity (Wildman–Crippen MR) is 118 cm³/mol. The highest BCUT2D eigenvalue weighted by atomic mass is 32.2. The number of anilines is 1. The maximum atomic E-state index is 14.3. The summed E-state index contributed by atoms with van der Waals surface area (Å²) in [5.74, 6) is 0.326. The number of rotatable bonds is 6. The molecule has 0 saturated carbocycles. The van der Waals surface area contributed by atoms with E-state index >= 15 is 0 Å². The lowest BCUT2D eigenvalue weighted by Crippen LogP contribution is -2.43. The van der Waals surface area contributed by atoms with Gasteiger partial charge in [0, 0.05) is 18.3 Å². The summed E-state index contributed by atoms with van der Waals surface area (Å²) in [6, 6.07) is 14.7. The first-order valence-electron chi connectivity index (χ1n) is 9.92. The molecular weight excluding hydrogens is 399 g/mol. The van der Waals surface area contributed by atoms with E-state index in [9.17, 15) is 9.18 Å². The van der Waals surface area contributed by atoms with E-state index in [-0.39, 0.29) is 23.5 Å². The first-order valence-corrected chi connectivity index (χ1v) is 10.9. The molecule has 1 atom stereocenters. The van der Waals surface area contributed by atoms with E-state index in [1.807, 2.05) is 23.1 Å². The topological polar surface area (TPSA) is 51.0 Å². The Bertz CT molecular complexity index is 1080. The molecule has 4 rings (SSSR count). The number of nitrogens with zero attached hydrogens (tertiary/aromatic N) is 4. The van der Waals surface area contributed by atoms with Gasteiger partial charge in [-0.2, -0.15) is 0 Å². The maximum absolute atomic E-state index is 14.3. The van der Waals surface area contributed by atoms with Gasteiger partial charge in [-0.05, 0) is 43.5 Å². The van der Waals surface area contributed by atoms with Crippen LogP contribution in [0, 0.1) is 5.82 Å². The van der Waals surface area contributed by atoms with Crippen LogP contribution in [-0.2, 0) is 17.8 Å². The van der Waals surface area contributed by atoms with Crippen molar-refractivity contribution in [2.75, 3.05) is 10.7 Å². The Morgan fingerprint density at radius 3 is 2.80 bits per heavy atom.